The third kappa shape index (κ3) is 1.16. The first-order chi connectivity index (χ1) is 5.79. The molecular formula is C10H16N2. The first kappa shape index (κ1) is 7.87. The van der Waals surface area contributed by atoms with E-state index in [1.807, 2.05) is 0 Å². The highest BCUT2D eigenvalue weighted by Crippen LogP contribution is 2.26. The molecule has 2 nitrogen and oxygen atoms in total. The summed E-state index contributed by atoms with van der Waals surface area (Å²) in [5.41, 5.74) is 6.39. The molecule has 66 valence electrons. The quantitative estimate of drug-likeness (QED) is 0.636. The SMILES string of the molecule is CC(C)N1NCC2=C1CCC=C2. The van der Waals surface area contributed by atoms with E-state index < -0.39 is 0 Å². The van der Waals surface area contributed by atoms with E-state index in [1.54, 1.807) is 0 Å². The molecule has 0 fully saturated rings. The van der Waals surface area contributed by atoms with E-state index in [0.717, 1.165) is 6.54 Å². The molecule has 0 aromatic carbocycles. The van der Waals surface area contributed by atoms with E-state index in [1.165, 1.54) is 24.1 Å². The van der Waals surface area contributed by atoms with Crippen LogP contribution in [0, 0.1) is 0 Å². The summed E-state index contributed by atoms with van der Waals surface area (Å²) in [5.74, 6) is 0. The van der Waals surface area contributed by atoms with Gasteiger partial charge in [0, 0.05) is 18.3 Å². The van der Waals surface area contributed by atoms with Crippen LogP contribution in [0.2, 0.25) is 0 Å². The van der Waals surface area contributed by atoms with E-state index in [0.29, 0.717) is 6.04 Å². The summed E-state index contributed by atoms with van der Waals surface area (Å²) in [6.07, 6.45) is 6.93. The minimum atomic E-state index is 0.573. The summed E-state index contributed by atoms with van der Waals surface area (Å²) in [6.45, 7) is 5.46. The Morgan fingerprint density at radius 2 is 2.33 bits per heavy atom. The normalized spacial score (nSPS) is 22.4. The van der Waals surface area contributed by atoms with Crippen LogP contribution in [0.15, 0.2) is 23.4 Å². The minimum absolute atomic E-state index is 0.573. The van der Waals surface area contributed by atoms with Gasteiger partial charge in [-0.15, -0.1) is 0 Å². The summed E-state index contributed by atoms with van der Waals surface area (Å²) < 4.78 is 0. The third-order valence-electron chi connectivity index (χ3n) is 2.48. The molecule has 1 N–H and O–H groups in total. The molecule has 0 atom stereocenters. The molecule has 0 aromatic rings. The van der Waals surface area contributed by atoms with Gasteiger partial charge < -0.3 is 5.01 Å². The number of hydrazine groups is 1. The molecule has 0 radical (unpaired) electrons. The van der Waals surface area contributed by atoms with Crippen molar-refractivity contribution in [3.8, 4) is 0 Å². The van der Waals surface area contributed by atoms with E-state index >= 15 is 0 Å². The molecule has 2 rings (SSSR count). The Morgan fingerprint density at radius 3 is 3.08 bits per heavy atom. The average molecular weight is 164 g/mol. The van der Waals surface area contributed by atoms with Gasteiger partial charge in [-0.1, -0.05) is 12.2 Å². The Bertz CT molecular complexity index is 238. The molecule has 0 spiro atoms. The summed E-state index contributed by atoms with van der Waals surface area (Å²) in [6, 6.07) is 0.573. The highest BCUT2D eigenvalue weighted by molar-refractivity contribution is 5.32. The predicted molar refractivity (Wildman–Crippen MR) is 50.4 cm³/mol. The molecule has 2 heteroatoms. The maximum Gasteiger partial charge on any atom is 0.0418 e. The zero-order chi connectivity index (χ0) is 8.55. The Kier molecular flexibility index (Phi) is 1.93. The fraction of sp³-hybridized carbons (Fsp3) is 0.600. The molecule has 12 heavy (non-hydrogen) atoms. The minimum Gasteiger partial charge on any atom is -0.309 e. The van der Waals surface area contributed by atoms with Crippen LogP contribution in [0.25, 0.3) is 0 Å². The smallest absolute Gasteiger partial charge is 0.0418 e. The van der Waals surface area contributed by atoms with E-state index in [4.69, 9.17) is 0 Å². The second kappa shape index (κ2) is 2.94. The van der Waals surface area contributed by atoms with Crippen molar-refractivity contribution >= 4 is 0 Å². The fourth-order valence-corrected chi connectivity index (χ4v) is 1.90. The highest BCUT2D eigenvalue weighted by Gasteiger charge is 2.23. The van der Waals surface area contributed by atoms with Crippen LogP contribution in [0.1, 0.15) is 26.7 Å². The Labute approximate surface area is 73.9 Å². The van der Waals surface area contributed by atoms with Crippen molar-refractivity contribution in [3.63, 3.8) is 0 Å². The number of hydrogen-bond acceptors (Lipinski definition) is 2. The average Bonchev–Trinajstić information content (AvgIpc) is 2.47. The van der Waals surface area contributed by atoms with Gasteiger partial charge in [-0.05, 0) is 32.3 Å². The van der Waals surface area contributed by atoms with Gasteiger partial charge in [-0.3, -0.25) is 0 Å². The van der Waals surface area contributed by atoms with Gasteiger partial charge in [0.05, 0.1) is 0 Å². The van der Waals surface area contributed by atoms with Crippen LogP contribution in [0.5, 0.6) is 0 Å². The molecule has 1 aliphatic carbocycles. The summed E-state index contributed by atoms with van der Waals surface area (Å²) in [4.78, 5) is 0. The number of hydrogen-bond donors (Lipinski definition) is 1. The Hall–Kier alpha value is -0.760. The topological polar surface area (TPSA) is 15.3 Å². The number of nitrogens with one attached hydrogen (secondary N) is 1. The van der Waals surface area contributed by atoms with Gasteiger partial charge in [-0.25, -0.2) is 5.43 Å². The van der Waals surface area contributed by atoms with Crippen molar-refractivity contribution in [2.75, 3.05) is 6.54 Å². The number of allylic oxidation sites excluding steroid dienone is 2. The first-order valence-electron chi connectivity index (χ1n) is 4.70. The van der Waals surface area contributed by atoms with Crippen molar-refractivity contribution in [2.45, 2.75) is 32.7 Å². The predicted octanol–water partition coefficient (Wildman–Crippen LogP) is 1.82. The van der Waals surface area contributed by atoms with Gasteiger partial charge in [0.25, 0.3) is 0 Å². The van der Waals surface area contributed by atoms with Crippen LogP contribution >= 0.6 is 0 Å². The van der Waals surface area contributed by atoms with Crippen molar-refractivity contribution < 1.29 is 0 Å². The van der Waals surface area contributed by atoms with Gasteiger partial charge >= 0.3 is 0 Å². The Morgan fingerprint density at radius 1 is 1.50 bits per heavy atom. The summed E-state index contributed by atoms with van der Waals surface area (Å²) >= 11 is 0. The molecule has 0 aromatic heterocycles. The number of nitrogens with zero attached hydrogens (tertiary/aromatic N) is 1. The highest BCUT2D eigenvalue weighted by atomic mass is 15.5. The van der Waals surface area contributed by atoms with Crippen LogP contribution < -0.4 is 5.43 Å². The third-order valence-corrected chi connectivity index (χ3v) is 2.48. The van der Waals surface area contributed by atoms with Crippen molar-refractivity contribution in [1.82, 2.24) is 10.4 Å². The molecule has 1 heterocycles. The van der Waals surface area contributed by atoms with E-state index in [9.17, 15) is 0 Å². The molecule has 2 aliphatic rings. The number of rotatable bonds is 1. The lowest BCUT2D eigenvalue weighted by Gasteiger charge is -2.27. The molecular weight excluding hydrogens is 148 g/mol. The molecule has 0 bridgehead atoms. The van der Waals surface area contributed by atoms with Crippen LogP contribution in [0.4, 0.5) is 0 Å². The lowest BCUT2D eigenvalue weighted by atomic mass is 10.0. The lowest BCUT2D eigenvalue weighted by molar-refractivity contribution is 0.221. The second-order valence-electron chi connectivity index (χ2n) is 3.71. The summed E-state index contributed by atoms with van der Waals surface area (Å²) in [5, 5.41) is 2.30. The largest absolute Gasteiger partial charge is 0.309 e. The molecule has 0 saturated heterocycles. The monoisotopic (exact) mass is 164 g/mol. The van der Waals surface area contributed by atoms with E-state index in [-0.39, 0.29) is 0 Å². The lowest BCUT2D eigenvalue weighted by Crippen LogP contribution is -2.37. The molecule has 0 amide bonds. The van der Waals surface area contributed by atoms with Crippen molar-refractivity contribution in [1.29, 1.82) is 0 Å². The first-order valence-corrected chi connectivity index (χ1v) is 4.70. The standard InChI is InChI=1S/C10H16N2/c1-8(2)12-10-6-4-3-5-9(10)7-11-12/h3,5,8,11H,4,6-7H2,1-2H3. The maximum atomic E-state index is 3.41. The summed E-state index contributed by atoms with van der Waals surface area (Å²) in [7, 11) is 0. The fourth-order valence-electron chi connectivity index (χ4n) is 1.90. The van der Waals surface area contributed by atoms with Gasteiger partial charge in [0.2, 0.25) is 0 Å². The second-order valence-corrected chi connectivity index (χ2v) is 3.71. The zero-order valence-corrected chi connectivity index (χ0v) is 7.80. The van der Waals surface area contributed by atoms with Crippen LogP contribution in [-0.4, -0.2) is 17.6 Å². The Balaban J connectivity index is 2.22. The van der Waals surface area contributed by atoms with Gasteiger partial charge in [0.15, 0.2) is 0 Å². The van der Waals surface area contributed by atoms with Gasteiger partial charge in [-0.2, -0.15) is 0 Å². The molecule has 0 unspecified atom stereocenters. The molecule has 1 aliphatic heterocycles. The zero-order valence-electron chi connectivity index (χ0n) is 7.80. The maximum absolute atomic E-state index is 3.41. The van der Waals surface area contributed by atoms with Crippen LogP contribution in [0.3, 0.4) is 0 Å². The van der Waals surface area contributed by atoms with Gasteiger partial charge in [0.1, 0.15) is 0 Å². The van der Waals surface area contributed by atoms with Crippen LogP contribution in [-0.2, 0) is 0 Å². The van der Waals surface area contributed by atoms with E-state index in [2.05, 4.69) is 36.4 Å². The van der Waals surface area contributed by atoms with Crippen molar-refractivity contribution in [3.05, 3.63) is 23.4 Å². The molecule has 0 saturated carbocycles. The van der Waals surface area contributed by atoms with Crippen molar-refractivity contribution in [2.24, 2.45) is 0 Å².